The fourth-order valence-corrected chi connectivity index (χ4v) is 2.71. The molecule has 1 aliphatic heterocycles. The van der Waals surface area contributed by atoms with Gasteiger partial charge in [0.25, 0.3) is 0 Å². The number of rotatable bonds is 3. The second-order valence-corrected chi connectivity index (χ2v) is 5.09. The molecule has 0 fully saturated rings. The Morgan fingerprint density at radius 2 is 1.81 bits per heavy atom. The van der Waals surface area contributed by atoms with Crippen molar-refractivity contribution in [3.8, 4) is 23.0 Å². The summed E-state index contributed by atoms with van der Waals surface area (Å²) in [4.78, 5) is 0. The smallest absolute Gasteiger partial charge is 0.203 e. The lowest BCUT2D eigenvalue weighted by Crippen LogP contribution is -2.19. The molecule has 3 rings (SSSR count). The number of methoxy groups -OCH3 is 2. The van der Waals surface area contributed by atoms with E-state index in [1.165, 1.54) is 12.7 Å². The maximum absolute atomic E-state index is 9.79. The highest BCUT2D eigenvalue weighted by atomic mass is 16.5. The van der Waals surface area contributed by atoms with E-state index < -0.39 is 0 Å². The molecule has 110 valence electrons. The monoisotopic (exact) mass is 286 g/mol. The molecule has 0 radical (unpaired) electrons. The highest BCUT2D eigenvalue weighted by molar-refractivity contribution is 5.56. The molecule has 1 unspecified atom stereocenters. The quantitative estimate of drug-likeness (QED) is 0.941. The average Bonchev–Trinajstić information content (AvgIpc) is 2.54. The third-order valence-corrected chi connectivity index (χ3v) is 3.86. The molecule has 1 aliphatic rings. The van der Waals surface area contributed by atoms with Crippen molar-refractivity contribution < 1.29 is 19.3 Å². The molecule has 0 aliphatic carbocycles. The molecule has 1 atom stereocenters. The van der Waals surface area contributed by atoms with Gasteiger partial charge >= 0.3 is 0 Å². The number of fused-ring (bicyclic) bond motifs is 1. The first-order valence-corrected chi connectivity index (χ1v) is 6.88. The van der Waals surface area contributed by atoms with E-state index in [1.807, 2.05) is 18.2 Å². The Labute approximate surface area is 123 Å². The highest BCUT2D eigenvalue weighted by Gasteiger charge is 2.25. The zero-order valence-electron chi connectivity index (χ0n) is 12.1. The predicted molar refractivity (Wildman–Crippen MR) is 79.6 cm³/mol. The van der Waals surface area contributed by atoms with Gasteiger partial charge in [0.1, 0.15) is 5.75 Å². The van der Waals surface area contributed by atoms with E-state index in [2.05, 4.69) is 12.1 Å². The fourth-order valence-electron chi connectivity index (χ4n) is 2.71. The Kier molecular flexibility index (Phi) is 3.60. The minimum atomic E-state index is 0.110. The molecular weight excluding hydrogens is 268 g/mol. The Hall–Kier alpha value is -2.36. The van der Waals surface area contributed by atoms with Gasteiger partial charge in [-0.25, -0.2) is 0 Å². The van der Waals surface area contributed by atoms with Crippen molar-refractivity contribution >= 4 is 0 Å². The second-order valence-electron chi connectivity index (χ2n) is 5.09. The molecule has 4 heteroatoms. The van der Waals surface area contributed by atoms with Crippen LogP contribution < -0.4 is 14.2 Å². The Bertz CT molecular complexity index is 634. The summed E-state index contributed by atoms with van der Waals surface area (Å²) in [5.74, 6) is 2.32. The summed E-state index contributed by atoms with van der Waals surface area (Å²) in [6.07, 6.45) is 0.859. The largest absolute Gasteiger partial charge is 0.504 e. The van der Waals surface area contributed by atoms with Crippen LogP contribution in [0.4, 0.5) is 0 Å². The molecular formula is C17H18O4. The third-order valence-electron chi connectivity index (χ3n) is 3.86. The number of ether oxygens (including phenoxy) is 3. The van der Waals surface area contributed by atoms with E-state index in [1.54, 1.807) is 13.2 Å². The molecule has 0 amide bonds. The predicted octanol–water partition coefficient (Wildman–Crippen LogP) is 3.13. The fraction of sp³-hybridized carbons (Fsp3) is 0.294. The van der Waals surface area contributed by atoms with Gasteiger partial charge in [-0.1, -0.05) is 18.2 Å². The minimum absolute atomic E-state index is 0.110. The molecule has 0 saturated carbocycles. The van der Waals surface area contributed by atoms with Gasteiger partial charge in [-0.05, 0) is 35.7 Å². The van der Waals surface area contributed by atoms with Crippen molar-refractivity contribution in [2.24, 2.45) is 0 Å². The standard InChI is InChI=1S/C17H18O4/c1-19-14-6-3-11(4-7-14)13-9-12-5-8-15(18)17(20-2)16(12)21-10-13/h3-8,13,18H,9-10H2,1-2H3. The minimum Gasteiger partial charge on any atom is -0.504 e. The van der Waals surface area contributed by atoms with E-state index in [0.717, 1.165) is 17.7 Å². The summed E-state index contributed by atoms with van der Waals surface area (Å²) < 4.78 is 16.2. The van der Waals surface area contributed by atoms with Gasteiger partial charge in [-0.15, -0.1) is 0 Å². The maximum atomic E-state index is 9.79. The van der Waals surface area contributed by atoms with Crippen molar-refractivity contribution in [2.45, 2.75) is 12.3 Å². The number of phenolic OH excluding ortho intramolecular Hbond substituents is 1. The number of phenols is 1. The van der Waals surface area contributed by atoms with Gasteiger partial charge in [0.2, 0.25) is 5.75 Å². The first kappa shape index (κ1) is 13.6. The number of benzene rings is 2. The zero-order valence-corrected chi connectivity index (χ0v) is 12.1. The van der Waals surface area contributed by atoms with Crippen molar-refractivity contribution in [3.63, 3.8) is 0 Å². The Balaban J connectivity index is 1.87. The van der Waals surface area contributed by atoms with Crippen LogP contribution in [0.3, 0.4) is 0 Å². The first-order valence-electron chi connectivity index (χ1n) is 6.88. The van der Waals surface area contributed by atoms with E-state index in [-0.39, 0.29) is 11.7 Å². The lowest BCUT2D eigenvalue weighted by Gasteiger charge is -2.27. The summed E-state index contributed by atoms with van der Waals surface area (Å²) in [5, 5.41) is 9.79. The molecule has 2 aromatic rings. The molecule has 0 saturated heterocycles. The van der Waals surface area contributed by atoms with Crippen LogP contribution in [0.15, 0.2) is 36.4 Å². The summed E-state index contributed by atoms with van der Waals surface area (Å²) >= 11 is 0. The molecule has 21 heavy (non-hydrogen) atoms. The van der Waals surface area contributed by atoms with Crippen LogP contribution in [0.5, 0.6) is 23.0 Å². The van der Waals surface area contributed by atoms with E-state index in [9.17, 15) is 5.11 Å². The molecule has 1 N–H and O–H groups in total. The van der Waals surface area contributed by atoms with Crippen LogP contribution in [0.1, 0.15) is 17.0 Å². The van der Waals surface area contributed by atoms with Gasteiger partial charge < -0.3 is 19.3 Å². The van der Waals surface area contributed by atoms with Crippen molar-refractivity contribution in [3.05, 3.63) is 47.5 Å². The number of hydrogen-bond acceptors (Lipinski definition) is 4. The van der Waals surface area contributed by atoms with Crippen LogP contribution in [0.25, 0.3) is 0 Å². The summed E-state index contributed by atoms with van der Waals surface area (Å²) in [6, 6.07) is 11.6. The normalized spacial score (nSPS) is 16.8. The SMILES string of the molecule is COc1ccc(C2COc3c(ccc(O)c3OC)C2)cc1. The van der Waals surface area contributed by atoms with Gasteiger partial charge in [0, 0.05) is 5.92 Å². The molecule has 4 nitrogen and oxygen atoms in total. The van der Waals surface area contributed by atoms with Crippen LogP contribution in [-0.2, 0) is 6.42 Å². The van der Waals surface area contributed by atoms with Gasteiger partial charge in [0.15, 0.2) is 11.5 Å². The molecule has 0 bridgehead atoms. The first-order chi connectivity index (χ1) is 10.2. The average molecular weight is 286 g/mol. The third kappa shape index (κ3) is 2.49. The van der Waals surface area contributed by atoms with Crippen LogP contribution >= 0.6 is 0 Å². The highest BCUT2D eigenvalue weighted by Crippen LogP contribution is 2.43. The van der Waals surface area contributed by atoms with E-state index >= 15 is 0 Å². The zero-order chi connectivity index (χ0) is 14.8. The van der Waals surface area contributed by atoms with Gasteiger partial charge in [-0.3, -0.25) is 0 Å². The summed E-state index contributed by atoms with van der Waals surface area (Å²) in [5.41, 5.74) is 2.27. The number of aromatic hydroxyl groups is 1. The van der Waals surface area contributed by atoms with Crippen molar-refractivity contribution in [1.29, 1.82) is 0 Å². The van der Waals surface area contributed by atoms with Crippen molar-refractivity contribution in [2.75, 3.05) is 20.8 Å². The Morgan fingerprint density at radius 1 is 1.05 bits per heavy atom. The lowest BCUT2D eigenvalue weighted by molar-refractivity contribution is 0.243. The van der Waals surface area contributed by atoms with Gasteiger partial charge in [0.05, 0.1) is 20.8 Å². The van der Waals surface area contributed by atoms with Crippen LogP contribution in [0.2, 0.25) is 0 Å². The summed E-state index contributed by atoms with van der Waals surface area (Å²) in [7, 11) is 3.20. The topological polar surface area (TPSA) is 47.9 Å². The van der Waals surface area contributed by atoms with Crippen molar-refractivity contribution in [1.82, 2.24) is 0 Å². The molecule has 0 spiro atoms. The number of hydrogen-bond donors (Lipinski definition) is 1. The molecule has 0 aromatic heterocycles. The molecule has 2 aromatic carbocycles. The van der Waals surface area contributed by atoms with Crippen LogP contribution in [-0.4, -0.2) is 25.9 Å². The lowest BCUT2D eigenvalue weighted by atomic mass is 9.90. The summed E-state index contributed by atoms with van der Waals surface area (Å²) in [6.45, 7) is 0.569. The van der Waals surface area contributed by atoms with E-state index in [0.29, 0.717) is 18.1 Å². The maximum Gasteiger partial charge on any atom is 0.203 e. The van der Waals surface area contributed by atoms with E-state index in [4.69, 9.17) is 14.2 Å². The van der Waals surface area contributed by atoms with Gasteiger partial charge in [-0.2, -0.15) is 0 Å². The molecule has 1 heterocycles. The Morgan fingerprint density at radius 3 is 2.48 bits per heavy atom. The second kappa shape index (κ2) is 5.56. The van der Waals surface area contributed by atoms with Crippen LogP contribution in [0, 0.1) is 0 Å².